The van der Waals surface area contributed by atoms with Crippen LogP contribution in [0.5, 0.6) is 11.5 Å². The van der Waals surface area contributed by atoms with Crippen molar-refractivity contribution in [3.63, 3.8) is 0 Å². The van der Waals surface area contributed by atoms with E-state index < -0.39 is 12.7 Å². The van der Waals surface area contributed by atoms with Crippen LogP contribution >= 0.6 is 0 Å². The highest BCUT2D eigenvalue weighted by Gasteiger charge is 2.31. The van der Waals surface area contributed by atoms with Gasteiger partial charge in [0.25, 0.3) is 0 Å². The molecular weight excluding hydrogens is 590 g/mol. The van der Waals surface area contributed by atoms with Crippen LogP contribution in [0.4, 0.5) is 26.3 Å². The molecule has 4 rings (SSSR count). The summed E-state index contributed by atoms with van der Waals surface area (Å²) in [5.41, 5.74) is 8.42. The zero-order valence-electron chi connectivity index (χ0n) is 25.5. The first-order valence-corrected chi connectivity index (χ1v) is 15.3. The van der Waals surface area contributed by atoms with Crippen molar-refractivity contribution < 1.29 is 35.8 Å². The summed E-state index contributed by atoms with van der Waals surface area (Å²) in [5.74, 6) is -0.451. The molecule has 0 radical (unpaired) electrons. The topological polar surface area (TPSA) is 18.5 Å². The Bertz CT molecular complexity index is 1390. The normalized spacial score (nSPS) is 11.9. The number of ether oxygens (including phenoxy) is 2. The van der Waals surface area contributed by atoms with E-state index in [9.17, 15) is 26.3 Å². The number of aryl methyl sites for hydroxylation is 4. The molecule has 0 aliphatic heterocycles. The van der Waals surface area contributed by atoms with Crippen LogP contribution < -0.4 is 9.47 Å². The van der Waals surface area contributed by atoms with E-state index in [1.165, 1.54) is 67.5 Å². The van der Waals surface area contributed by atoms with E-state index in [0.717, 1.165) is 59.1 Å². The summed E-state index contributed by atoms with van der Waals surface area (Å²) in [7, 11) is 0. The van der Waals surface area contributed by atoms with Crippen molar-refractivity contribution in [2.45, 2.75) is 84.4 Å². The Hall–Kier alpha value is -3.94. The first-order valence-electron chi connectivity index (χ1n) is 15.3. The highest BCUT2D eigenvalue weighted by Crippen LogP contribution is 2.31. The third-order valence-corrected chi connectivity index (χ3v) is 7.81. The molecule has 8 heteroatoms. The fourth-order valence-corrected chi connectivity index (χ4v) is 5.62. The van der Waals surface area contributed by atoms with Crippen molar-refractivity contribution in [2.75, 3.05) is 0 Å². The average Bonchev–Trinajstić information content (AvgIpc) is 2.96. The third kappa shape index (κ3) is 11.2. The predicted molar refractivity (Wildman–Crippen MR) is 166 cm³/mol. The van der Waals surface area contributed by atoms with E-state index in [1.54, 1.807) is 24.3 Å². The molecule has 0 fully saturated rings. The van der Waals surface area contributed by atoms with E-state index in [-0.39, 0.29) is 11.5 Å². The number of alkyl halides is 6. The molecule has 4 aromatic carbocycles. The van der Waals surface area contributed by atoms with Crippen LogP contribution in [0, 0.1) is 13.8 Å². The van der Waals surface area contributed by atoms with Gasteiger partial charge in [-0.05, 0) is 108 Å². The van der Waals surface area contributed by atoms with Gasteiger partial charge in [0.1, 0.15) is 11.5 Å². The van der Waals surface area contributed by atoms with Crippen molar-refractivity contribution in [3.8, 4) is 33.8 Å². The lowest BCUT2D eigenvalue weighted by molar-refractivity contribution is -0.275. The number of benzene rings is 4. The zero-order chi connectivity index (χ0) is 32.5. The summed E-state index contributed by atoms with van der Waals surface area (Å²) < 4.78 is 82.4. The molecule has 0 heterocycles. The molecule has 0 saturated heterocycles. The summed E-state index contributed by atoms with van der Waals surface area (Å²) in [6, 6.07) is 24.5. The van der Waals surface area contributed by atoms with Crippen molar-refractivity contribution in [2.24, 2.45) is 0 Å². The highest BCUT2D eigenvalue weighted by atomic mass is 19.4. The van der Waals surface area contributed by atoms with Crippen LogP contribution in [-0.4, -0.2) is 12.7 Å². The van der Waals surface area contributed by atoms with Crippen LogP contribution in [0.2, 0.25) is 0 Å². The molecule has 4 aromatic rings. The maximum Gasteiger partial charge on any atom is 0.573 e. The maximum absolute atomic E-state index is 12.4. The van der Waals surface area contributed by atoms with Crippen LogP contribution in [0.3, 0.4) is 0 Å². The first kappa shape index (κ1) is 33.9. The molecule has 0 spiro atoms. The summed E-state index contributed by atoms with van der Waals surface area (Å²) in [6.45, 7) is 4.04. The Morgan fingerprint density at radius 2 is 0.778 bits per heavy atom. The molecule has 0 atom stereocenters. The number of rotatable bonds is 14. The molecule has 0 aromatic heterocycles. The lowest BCUT2D eigenvalue weighted by atomic mass is 9.96. The number of unbranched alkanes of at least 4 members (excludes halogenated alkanes) is 6. The van der Waals surface area contributed by atoms with Gasteiger partial charge in [0.05, 0.1) is 0 Å². The second kappa shape index (κ2) is 15.4. The van der Waals surface area contributed by atoms with Gasteiger partial charge in [-0.2, -0.15) is 0 Å². The number of hydrogen-bond acceptors (Lipinski definition) is 2. The third-order valence-electron chi connectivity index (χ3n) is 7.81. The zero-order valence-corrected chi connectivity index (χ0v) is 25.5. The smallest absolute Gasteiger partial charge is 0.406 e. The second-order valence-corrected chi connectivity index (χ2v) is 11.4. The molecule has 0 N–H and O–H groups in total. The summed E-state index contributed by atoms with van der Waals surface area (Å²) in [4.78, 5) is 0. The Balaban J connectivity index is 1.11. The largest absolute Gasteiger partial charge is 0.573 e. The fraction of sp³-hybridized carbons (Fsp3) is 0.351. The molecule has 0 bridgehead atoms. The van der Waals surface area contributed by atoms with Gasteiger partial charge < -0.3 is 9.47 Å². The molecule has 0 saturated carbocycles. The number of hydrogen-bond donors (Lipinski definition) is 0. The molecule has 0 aliphatic rings. The van der Waals surface area contributed by atoms with E-state index in [4.69, 9.17) is 0 Å². The van der Waals surface area contributed by atoms with E-state index >= 15 is 0 Å². The van der Waals surface area contributed by atoms with E-state index in [0.29, 0.717) is 0 Å². The minimum atomic E-state index is -4.70. The monoisotopic (exact) mass is 628 g/mol. The quantitative estimate of drug-likeness (QED) is 0.102. The minimum Gasteiger partial charge on any atom is -0.406 e. The fourth-order valence-electron chi connectivity index (χ4n) is 5.62. The number of halogens is 6. The highest BCUT2D eigenvalue weighted by molar-refractivity contribution is 5.69. The van der Waals surface area contributed by atoms with Gasteiger partial charge in [-0.15, -0.1) is 26.3 Å². The average molecular weight is 629 g/mol. The standard InChI is InChI=1S/C37H38F6O2/c1-26-24-28(12-22-34(26)30-14-18-32(19-15-30)44-36(38,39)40)10-8-6-4-3-5-7-9-11-29-13-23-35(27(2)25-29)31-16-20-33(21-17-31)45-37(41,42)43/h12-25H,3-11H2,1-2H3. The van der Waals surface area contributed by atoms with Crippen molar-refractivity contribution in [1.29, 1.82) is 0 Å². The molecular formula is C37H38F6O2. The van der Waals surface area contributed by atoms with Gasteiger partial charge >= 0.3 is 12.7 Å². The van der Waals surface area contributed by atoms with E-state index in [2.05, 4.69) is 33.7 Å². The Morgan fingerprint density at radius 1 is 0.444 bits per heavy atom. The molecule has 0 unspecified atom stereocenters. The van der Waals surface area contributed by atoms with Crippen molar-refractivity contribution in [1.82, 2.24) is 0 Å². The first-order chi connectivity index (χ1) is 21.4. The lowest BCUT2D eigenvalue weighted by Gasteiger charge is -2.12. The molecule has 2 nitrogen and oxygen atoms in total. The van der Waals surface area contributed by atoms with E-state index in [1.807, 2.05) is 26.0 Å². The summed E-state index contributed by atoms with van der Waals surface area (Å²) >= 11 is 0. The molecule has 0 amide bonds. The van der Waals surface area contributed by atoms with Crippen molar-refractivity contribution in [3.05, 3.63) is 107 Å². The minimum absolute atomic E-state index is 0.225. The molecule has 0 aliphatic carbocycles. The summed E-state index contributed by atoms with van der Waals surface area (Å²) in [5, 5.41) is 0. The Labute approximate surface area is 261 Å². The lowest BCUT2D eigenvalue weighted by Crippen LogP contribution is -2.16. The molecule has 240 valence electrons. The van der Waals surface area contributed by atoms with Crippen LogP contribution in [0.25, 0.3) is 22.3 Å². The maximum atomic E-state index is 12.4. The van der Waals surface area contributed by atoms with Crippen molar-refractivity contribution >= 4 is 0 Å². The van der Waals surface area contributed by atoms with Crippen LogP contribution in [0.15, 0.2) is 84.9 Å². The predicted octanol–water partition coefficient (Wildman–Crippen LogP) is 12.0. The van der Waals surface area contributed by atoms with Gasteiger partial charge in [0.15, 0.2) is 0 Å². The Kier molecular flexibility index (Phi) is 11.6. The second-order valence-electron chi connectivity index (χ2n) is 11.4. The van der Waals surface area contributed by atoms with Crippen LogP contribution in [-0.2, 0) is 12.8 Å². The molecule has 45 heavy (non-hydrogen) atoms. The van der Waals surface area contributed by atoms with Gasteiger partial charge in [0, 0.05) is 0 Å². The van der Waals surface area contributed by atoms with Gasteiger partial charge in [-0.1, -0.05) is 92.8 Å². The van der Waals surface area contributed by atoms with Crippen LogP contribution in [0.1, 0.15) is 67.2 Å². The van der Waals surface area contributed by atoms with Gasteiger partial charge in [-0.3, -0.25) is 0 Å². The van der Waals surface area contributed by atoms with Gasteiger partial charge in [0.2, 0.25) is 0 Å². The summed E-state index contributed by atoms with van der Waals surface area (Å²) in [6.07, 6.45) is 0.789. The van der Waals surface area contributed by atoms with Gasteiger partial charge in [-0.25, -0.2) is 0 Å². The SMILES string of the molecule is Cc1cc(CCCCCCCCCc2ccc(-c3ccc(OC(F)(F)F)cc3)c(C)c2)ccc1-c1ccc(OC(F)(F)F)cc1. The Morgan fingerprint density at radius 3 is 1.09 bits per heavy atom.